The van der Waals surface area contributed by atoms with Gasteiger partial charge in [-0.15, -0.1) is 0 Å². The predicted octanol–water partition coefficient (Wildman–Crippen LogP) is 1.21. The molecule has 0 saturated carbocycles. The van der Waals surface area contributed by atoms with Gasteiger partial charge >= 0.3 is 0 Å². The second-order valence-corrected chi connectivity index (χ2v) is 5.32. The van der Waals surface area contributed by atoms with Crippen molar-refractivity contribution < 1.29 is 9.47 Å². The molecule has 0 aromatic rings. The van der Waals surface area contributed by atoms with Crippen LogP contribution in [0.25, 0.3) is 0 Å². The highest BCUT2D eigenvalue weighted by Gasteiger charge is 2.10. The van der Waals surface area contributed by atoms with Crippen molar-refractivity contribution >= 4 is 0 Å². The van der Waals surface area contributed by atoms with Crippen LogP contribution in [0.5, 0.6) is 0 Å². The second-order valence-electron chi connectivity index (χ2n) is 5.32. The number of morpholine rings is 2. The van der Waals surface area contributed by atoms with Crippen LogP contribution in [0.4, 0.5) is 0 Å². The van der Waals surface area contributed by atoms with Gasteiger partial charge in [0.15, 0.2) is 0 Å². The van der Waals surface area contributed by atoms with Crippen molar-refractivity contribution in [1.29, 1.82) is 0 Å². The van der Waals surface area contributed by atoms with Gasteiger partial charge in [0.05, 0.1) is 26.4 Å². The molecule has 0 bridgehead atoms. The molecule has 2 rings (SSSR count). The zero-order chi connectivity index (χ0) is 12.5. The lowest BCUT2D eigenvalue weighted by Gasteiger charge is -2.27. The Labute approximate surface area is 111 Å². The molecule has 2 saturated heterocycles. The van der Waals surface area contributed by atoms with Crippen molar-refractivity contribution in [2.24, 2.45) is 0 Å². The molecule has 0 aromatic heterocycles. The lowest BCUT2D eigenvalue weighted by atomic mass is 10.1. The van der Waals surface area contributed by atoms with E-state index in [-0.39, 0.29) is 0 Å². The summed E-state index contributed by atoms with van der Waals surface area (Å²) in [7, 11) is 0. The van der Waals surface area contributed by atoms with E-state index in [0.29, 0.717) is 0 Å². The molecule has 0 spiro atoms. The topological polar surface area (TPSA) is 24.9 Å². The van der Waals surface area contributed by atoms with Crippen molar-refractivity contribution in [3.05, 3.63) is 0 Å². The molecule has 2 aliphatic rings. The number of rotatable bonds is 7. The van der Waals surface area contributed by atoms with Crippen LogP contribution >= 0.6 is 0 Å². The van der Waals surface area contributed by atoms with Gasteiger partial charge in [-0.3, -0.25) is 9.80 Å². The molecule has 2 heterocycles. The molecule has 106 valence electrons. The van der Waals surface area contributed by atoms with Crippen LogP contribution < -0.4 is 0 Å². The normalized spacial score (nSPS) is 23.3. The molecular formula is C14H28N2O2. The van der Waals surface area contributed by atoms with E-state index in [9.17, 15) is 0 Å². The molecule has 0 radical (unpaired) electrons. The minimum absolute atomic E-state index is 0.928. The number of nitrogens with zero attached hydrogens (tertiary/aromatic N) is 2. The first-order valence-corrected chi connectivity index (χ1v) is 7.55. The fourth-order valence-electron chi connectivity index (χ4n) is 2.67. The fraction of sp³-hybridized carbons (Fsp3) is 1.00. The minimum Gasteiger partial charge on any atom is -0.379 e. The Morgan fingerprint density at radius 1 is 0.556 bits per heavy atom. The number of hydrogen-bond acceptors (Lipinski definition) is 4. The van der Waals surface area contributed by atoms with Gasteiger partial charge in [-0.05, 0) is 25.9 Å². The van der Waals surface area contributed by atoms with Crippen LogP contribution in [0.2, 0.25) is 0 Å². The van der Waals surface area contributed by atoms with E-state index in [1.165, 1.54) is 38.8 Å². The maximum absolute atomic E-state index is 5.35. The lowest BCUT2D eigenvalue weighted by Crippen LogP contribution is -2.37. The molecule has 4 heteroatoms. The van der Waals surface area contributed by atoms with E-state index in [2.05, 4.69) is 9.80 Å². The molecule has 0 amide bonds. The number of unbranched alkanes of at least 4 members (excludes halogenated alkanes) is 3. The van der Waals surface area contributed by atoms with Gasteiger partial charge < -0.3 is 9.47 Å². The summed E-state index contributed by atoms with van der Waals surface area (Å²) in [5.41, 5.74) is 0. The summed E-state index contributed by atoms with van der Waals surface area (Å²) in [6.07, 6.45) is 5.45. The van der Waals surface area contributed by atoms with Crippen molar-refractivity contribution in [2.75, 3.05) is 65.7 Å². The van der Waals surface area contributed by atoms with E-state index in [1.54, 1.807) is 0 Å². The number of hydrogen-bond donors (Lipinski definition) is 0. The van der Waals surface area contributed by atoms with Crippen LogP contribution in [0, 0.1) is 0 Å². The molecule has 18 heavy (non-hydrogen) atoms. The molecule has 2 fully saturated rings. The largest absolute Gasteiger partial charge is 0.379 e. The first-order valence-electron chi connectivity index (χ1n) is 7.55. The zero-order valence-corrected chi connectivity index (χ0v) is 11.6. The van der Waals surface area contributed by atoms with E-state index in [0.717, 1.165) is 52.6 Å². The molecule has 0 aromatic carbocycles. The van der Waals surface area contributed by atoms with Gasteiger partial charge in [-0.2, -0.15) is 0 Å². The highest BCUT2D eigenvalue weighted by Crippen LogP contribution is 2.06. The van der Waals surface area contributed by atoms with Crippen molar-refractivity contribution in [3.63, 3.8) is 0 Å². The zero-order valence-electron chi connectivity index (χ0n) is 11.6. The monoisotopic (exact) mass is 256 g/mol. The van der Waals surface area contributed by atoms with Crippen molar-refractivity contribution in [1.82, 2.24) is 9.80 Å². The van der Waals surface area contributed by atoms with Gasteiger partial charge in [-0.25, -0.2) is 0 Å². The Hall–Kier alpha value is -0.160. The first-order chi connectivity index (χ1) is 8.95. The van der Waals surface area contributed by atoms with Crippen LogP contribution in [0.3, 0.4) is 0 Å². The van der Waals surface area contributed by atoms with Crippen molar-refractivity contribution in [3.8, 4) is 0 Å². The Morgan fingerprint density at radius 3 is 1.33 bits per heavy atom. The van der Waals surface area contributed by atoms with Crippen LogP contribution in [-0.2, 0) is 9.47 Å². The Kier molecular flexibility index (Phi) is 7.01. The lowest BCUT2D eigenvalue weighted by molar-refractivity contribution is 0.0354. The van der Waals surface area contributed by atoms with E-state index in [1.807, 2.05) is 0 Å². The van der Waals surface area contributed by atoms with E-state index < -0.39 is 0 Å². The molecule has 0 N–H and O–H groups in total. The van der Waals surface area contributed by atoms with E-state index >= 15 is 0 Å². The van der Waals surface area contributed by atoms with Gasteiger partial charge in [0.1, 0.15) is 0 Å². The van der Waals surface area contributed by atoms with Crippen LogP contribution in [-0.4, -0.2) is 75.5 Å². The van der Waals surface area contributed by atoms with Gasteiger partial charge in [0.25, 0.3) is 0 Å². The smallest absolute Gasteiger partial charge is 0.0594 e. The average molecular weight is 256 g/mol. The Balaban J connectivity index is 1.39. The third kappa shape index (κ3) is 5.65. The minimum atomic E-state index is 0.928. The first kappa shape index (κ1) is 14.3. The third-order valence-corrected chi connectivity index (χ3v) is 3.91. The van der Waals surface area contributed by atoms with Crippen LogP contribution in [0.1, 0.15) is 25.7 Å². The second kappa shape index (κ2) is 8.86. The third-order valence-electron chi connectivity index (χ3n) is 3.91. The standard InChI is InChI=1S/C14H28N2O2/c1(3-5-15-7-11-17-12-8-15)2-4-6-16-9-13-18-14-10-16/h1-14H2. The van der Waals surface area contributed by atoms with Gasteiger partial charge in [-0.1, -0.05) is 12.8 Å². The number of ether oxygens (including phenoxy) is 2. The summed E-state index contributed by atoms with van der Waals surface area (Å²) >= 11 is 0. The SMILES string of the molecule is C(CCCN1CCOCC1)CCN1CCOCC1. The quantitative estimate of drug-likeness (QED) is 0.639. The Bertz CT molecular complexity index is 180. The van der Waals surface area contributed by atoms with E-state index in [4.69, 9.17) is 9.47 Å². The fourth-order valence-corrected chi connectivity index (χ4v) is 2.67. The maximum Gasteiger partial charge on any atom is 0.0594 e. The highest BCUT2D eigenvalue weighted by atomic mass is 16.5. The molecule has 0 unspecified atom stereocenters. The summed E-state index contributed by atoms with van der Waals surface area (Å²) in [6, 6.07) is 0. The summed E-state index contributed by atoms with van der Waals surface area (Å²) in [6.45, 7) is 10.8. The summed E-state index contributed by atoms with van der Waals surface area (Å²) in [4.78, 5) is 5.07. The predicted molar refractivity (Wildman–Crippen MR) is 73.0 cm³/mol. The molecule has 4 nitrogen and oxygen atoms in total. The highest BCUT2D eigenvalue weighted by molar-refractivity contribution is 4.63. The summed E-state index contributed by atoms with van der Waals surface area (Å²) in [5, 5.41) is 0. The average Bonchev–Trinajstić information content (AvgIpc) is 2.45. The van der Waals surface area contributed by atoms with Crippen molar-refractivity contribution in [2.45, 2.75) is 25.7 Å². The Morgan fingerprint density at radius 2 is 0.944 bits per heavy atom. The van der Waals surface area contributed by atoms with Gasteiger partial charge in [0, 0.05) is 26.2 Å². The molecular weight excluding hydrogens is 228 g/mol. The maximum atomic E-state index is 5.35. The summed E-state index contributed by atoms with van der Waals surface area (Å²) in [5.74, 6) is 0. The molecule has 0 atom stereocenters. The van der Waals surface area contributed by atoms with Crippen LogP contribution in [0.15, 0.2) is 0 Å². The molecule has 0 aliphatic carbocycles. The molecule has 2 aliphatic heterocycles. The van der Waals surface area contributed by atoms with Gasteiger partial charge in [0.2, 0.25) is 0 Å². The summed E-state index contributed by atoms with van der Waals surface area (Å²) < 4.78 is 10.7.